The Morgan fingerprint density at radius 3 is 2.73 bits per heavy atom. The quantitative estimate of drug-likeness (QED) is 0.740. The van der Waals surface area contributed by atoms with E-state index in [4.69, 9.17) is 9.84 Å². The minimum absolute atomic E-state index is 0.162. The topological polar surface area (TPSA) is 41.5 Å². The number of para-hydroxylation sites is 1. The van der Waals surface area contributed by atoms with E-state index in [1.54, 1.807) is 7.11 Å². The van der Waals surface area contributed by atoms with Gasteiger partial charge in [-0.1, -0.05) is 18.2 Å². The third kappa shape index (κ3) is 3.53. The van der Waals surface area contributed by atoms with Crippen LogP contribution in [0.2, 0.25) is 0 Å². The van der Waals surface area contributed by atoms with Crippen LogP contribution < -0.4 is 10.1 Å². The zero-order valence-corrected chi connectivity index (χ0v) is 9.36. The van der Waals surface area contributed by atoms with Crippen LogP contribution >= 0.6 is 0 Å². The van der Waals surface area contributed by atoms with Crippen molar-refractivity contribution in [1.29, 1.82) is 0 Å². The van der Waals surface area contributed by atoms with Crippen molar-refractivity contribution in [2.24, 2.45) is 0 Å². The Morgan fingerprint density at radius 2 is 2.13 bits per heavy atom. The molecule has 0 saturated carbocycles. The van der Waals surface area contributed by atoms with Gasteiger partial charge in [0.05, 0.1) is 13.7 Å². The van der Waals surface area contributed by atoms with Gasteiger partial charge in [-0.25, -0.2) is 0 Å². The third-order valence-electron chi connectivity index (χ3n) is 2.58. The highest BCUT2D eigenvalue weighted by atomic mass is 16.5. The predicted molar refractivity (Wildman–Crippen MR) is 61.2 cm³/mol. The lowest BCUT2D eigenvalue weighted by atomic mass is 10.0. The van der Waals surface area contributed by atoms with E-state index in [9.17, 15) is 0 Å². The Morgan fingerprint density at radius 1 is 1.40 bits per heavy atom. The molecule has 1 aromatic rings. The highest BCUT2D eigenvalue weighted by Crippen LogP contribution is 2.19. The highest BCUT2D eigenvalue weighted by Gasteiger charge is 2.06. The summed E-state index contributed by atoms with van der Waals surface area (Å²) in [5, 5.41) is 12.1. The molecular weight excluding hydrogens is 190 g/mol. The molecule has 0 amide bonds. The van der Waals surface area contributed by atoms with E-state index < -0.39 is 0 Å². The second-order valence-electron chi connectivity index (χ2n) is 3.52. The molecule has 0 fully saturated rings. The van der Waals surface area contributed by atoms with Gasteiger partial charge in [0.25, 0.3) is 0 Å². The molecule has 2 N–H and O–H groups in total. The maximum Gasteiger partial charge on any atom is 0.122 e. The van der Waals surface area contributed by atoms with Crippen LogP contribution in [-0.2, 0) is 6.42 Å². The van der Waals surface area contributed by atoms with Crippen LogP contribution in [0.1, 0.15) is 12.0 Å². The van der Waals surface area contributed by atoms with Crippen LogP contribution in [0.3, 0.4) is 0 Å². The van der Waals surface area contributed by atoms with Crippen molar-refractivity contribution >= 4 is 0 Å². The van der Waals surface area contributed by atoms with Gasteiger partial charge in [-0.2, -0.15) is 0 Å². The number of nitrogens with one attached hydrogen (secondary N) is 1. The Kier molecular flexibility index (Phi) is 5.15. The third-order valence-corrected chi connectivity index (χ3v) is 2.58. The lowest BCUT2D eigenvalue weighted by molar-refractivity contribution is 0.242. The zero-order chi connectivity index (χ0) is 11.1. The zero-order valence-electron chi connectivity index (χ0n) is 9.36. The first-order valence-corrected chi connectivity index (χ1v) is 5.21. The molecule has 0 aliphatic rings. The van der Waals surface area contributed by atoms with Gasteiger partial charge in [0.2, 0.25) is 0 Å². The summed E-state index contributed by atoms with van der Waals surface area (Å²) in [5.41, 5.74) is 1.19. The summed E-state index contributed by atoms with van der Waals surface area (Å²) in [6, 6.07) is 8.15. The molecule has 1 unspecified atom stereocenters. The van der Waals surface area contributed by atoms with Gasteiger partial charge < -0.3 is 15.2 Å². The fourth-order valence-electron chi connectivity index (χ4n) is 1.57. The summed E-state index contributed by atoms with van der Waals surface area (Å²) in [6.45, 7) is 0.172. The van der Waals surface area contributed by atoms with Crippen molar-refractivity contribution in [2.75, 3.05) is 20.8 Å². The van der Waals surface area contributed by atoms with Gasteiger partial charge in [-0.05, 0) is 31.5 Å². The number of benzene rings is 1. The molecular formula is C12H19NO2. The predicted octanol–water partition coefficient (Wildman–Crippen LogP) is 1.21. The van der Waals surface area contributed by atoms with Crippen molar-refractivity contribution < 1.29 is 9.84 Å². The van der Waals surface area contributed by atoms with Gasteiger partial charge >= 0.3 is 0 Å². The van der Waals surface area contributed by atoms with E-state index in [2.05, 4.69) is 11.4 Å². The van der Waals surface area contributed by atoms with Crippen molar-refractivity contribution in [1.82, 2.24) is 5.32 Å². The summed E-state index contributed by atoms with van der Waals surface area (Å²) in [5.74, 6) is 0.922. The van der Waals surface area contributed by atoms with Crippen LogP contribution in [0, 0.1) is 0 Å². The number of likely N-dealkylation sites (N-methyl/N-ethyl adjacent to an activating group) is 1. The molecule has 0 aliphatic heterocycles. The van der Waals surface area contributed by atoms with E-state index in [-0.39, 0.29) is 12.6 Å². The Hall–Kier alpha value is -1.06. The molecule has 0 saturated heterocycles. The standard InChI is InChI=1S/C12H19NO2/c1-13-11(9-14)8-7-10-5-3-4-6-12(10)15-2/h3-6,11,13-14H,7-9H2,1-2H3. The number of hydrogen-bond acceptors (Lipinski definition) is 3. The maximum atomic E-state index is 9.04. The highest BCUT2D eigenvalue weighted by molar-refractivity contribution is 5.33. The fraction of sp³-hybridized carbons (Fsp3) is 0.500. The summed E-state index contributed by atoms with van der Waals surface area (Å²) in [4.78, 5) is 0. The van der Waals surface area contributed by atoms with Crippen molar-refractivity contribution in [3.8, 4) is 5.75 Å². The fourth-order valence-corrected chi connectivity index (χ4v) is 1.57. The van der Waals surface area contributed by atoms with Gasteiger partial charge in [-0.3, -0.25) is 0 Å². The lowest BCUT2D eigenvalue weighted by Gasteiger charge is -2.14. The molecule has 1 atom stereocenters. The summed E-state index contributed by atoms with van der Waals surface area (Å²) < 4.78 is 5.26. The number of aliphatic hydroxyl groups is 1. The minimum atomic E-state index is 0.162. The number of aliphatic hydroxyl groups excluding tert-OH is 1. The molecule has 3 heteroatoms. The normalized spacial score (nSPS) is 12.5. The largest absolute Gasteiger partial charge is 0.496 e. The molecule has 0 spiro atoms. The number of hydrogen-bond donors (Lipinski definition) is 2. The number of ether oxygens (including phenoxy) is 1. The number of methoxy groups -OCH3 is 1. The summed E-state index contributed by atoms with van der Waals surface area (Å²) in [7, 11) is 3.55. The first kappa shape index (κ1) is 12.0. The van der Waals surface area contributed by atoms with Gasteiger partial charge in [0, 0.05) is 6.04 Å². The van der Waals surface area contributed by atoms with Crippen LogP contribution in [0.25, 0.3) is 0 Å². The molecule has 1 rings (SSSR count). The van der Waals surface area contributed by atoms with E-state index in [0.29, 0.717) is 0 Å². The maximum absolute atomic E-state index is 9.04. The SMILES string of the molecule is CNC(CO)CCc1ccccc1OC. The second kappa shape index (κ2) is 6.43. The smallest absolute Gasteiger partial charge is 0.122 e. The number of rotatable bonds is 6. The average Bonchev–Trinajstić information content (AvgIpc) is 2.31. The molecule has 0 aromatic heterocycles. The van der Waals surface area contributed by atoms with Gasteiger partial charge in [-0.15, -0.1) is 0 Å². The molecule has 15 heavy (non-hydrogen) atoms. The van der Waals surface area contributed by atoms with Gasteiger partial charge in [0.15, 0.2) is 0 Å². The number of aryl methyl sites for hydroxylation is 1. The molecule has 0 aliphatic carbocycles. The molecule has 84 valence electrons. The van der Waals surface area contributed by atoms with Crippen LogP contribution in [0.4, 0.5) is 0 Å². The van der Waals surface area contributed by atoms with Crippen LogP contribution in [0.5, 0.6) is 5.75 Å². The molecule has 0 heterocycles. The molecule has 0 radical (unpaired) electrons. The van der Waals surface area contributed by atoms with Crippen molar-refractivity contribution in [3.05, 3.63) is 29.8 Å². The molecule has 0 bridgehead atoms. The minimum Gasteiger partial charge on any atom is -0.496 e. The van der Waals surface area contributed by atoms with Crippen LogP contribution in [0.15, 0.2) is 24.3 Å². The molecule has 1 aromatic carbocycles. The van der Waals surface area contributed by atoms with Crippen molar-refractivity contribution in [2.45, 2.75) is 18.9 Å². The van der Waals surface area contributed by atoms with Crippen LogP contribution in [-0.4, -0.2) is 31.9 Å². The van der Waals surface area contributed by atoms with E-state index in [1.165, 1.54) is 5.56 Å². The first-order chi connectivity index (χ1) is 7.31. The Labute approximate surface area is 91.1 Å². The van der Waals surface area contributed by atoms with E-state index in [1.807, 2.05) is 25.2 Å². The van der Waals surface area contributed by atoms with Gasteiger partial charge in [0.1, 0.15) is 5.75 Å². The van der Waals surface area contributed by atoms with E-state index >= 15 is 0 Å². The Balaban J connectivity index is 2.56. The summed E-state index contributed by atoms with van der Waals surface area (Å²) >= 11 is 0. The second-order valence-corrected chi connectivity index (χ2v) is 3.52. The summed E-state index contributed by atoms with van der Waals surface area (Å²) in [6.07, 6.45) is 1.82. The Bertz CT molecular complexity index is 285. The van der Waals surface area contributed by atoms with Crippen molar-refractivity contribution in [3.63, 3.8) is 0 Å². The average molecular weight is 209 g/mol. The molecule has 3 nitrogen and oxygen atoms in total. The lowest BCUT2D eigenvalue weighted by Crippen LogP contribution is -2.29. The van der Waals surface area contributed by atoms with E-state index in [0.717, 1.165) is 18.6 Å². The monoisotopic (exact) mass is 209 g/mol. The first-order valence-electron chi connectivity index (χ1n) is 5.21.